The van der Waals surface area contributed by atoms with E-state index in [0.29, 0.717) is 12.5 Å². The number of rotatable bonds is 5. The van der Waals surface area contributed by atoms with E-state index in [-0.39, 0.29) is 6.10 Å². The van der Waals surface area contributed by atoms with Crippen molar-refractivity contribution in [1.82, 2.24) is 4.98 Å². The van der Waals surface area contributed by atoms with E-state index in [1.807, 2.05) is 24.3 Å². The van der Waals surface area contributed by atoms with E-state index < -0.39 is 0 Å². The second kappa shape index (κ2) is 6.35. The Hall–Kier alpha value is -1.13. The largest absolute Gasteiger partial charge is 0.391 e. The molecule has 1 heterocycles. The SMILES string of the molecule is CC(C)CC(O)CNc1nccc2c(Br)cccc12. The molecule has 2 aromatic rings. The van der Waals surface area contributed by atoms with Crippen LogP contribution < -0.4 is 5.32 Å². The van der Waals surface area contributed by atoms with Crippen molar-refractivity contribution in [1.29, 1.82) is 0 Å². The van der Waals surface area contributed by atoms with Gasteiger partial charge in [-0.05, 0) is 24.5 Å². The first-order valence-electron chi connectivity index (χ1n) is 6.53. The van der Waals surface area contributed by atoms with Gasteiger partial charge < -0.3 is 10.4 Å². The summed E-state index contributed by atoms with van der Waals surface area (Å²) >= 11 is 3.54. The molecule has 1 aromatic heterocycles. The van der Waals surface area contributed by atoms with Gasteiger partial charge >= 0.3 is 0 Å². The summed E-state index contributed by atoms with van der Waals surface area (Å²) in [7, 11) is 0. The zero-order valence-corrected chi connectivity index (χ0v) is 12.8. The molecule has 0 fully saturated rings. The first-order chi connectivity index (χ1) is 9.08. The van der Waals surface area contributed by atoms with Gasteiger partial charge in [-0.2, -0.15) is 0 Å². The number of halogens is 1. The lowest BCUT2D eigenvalue weighted by atomic mass is 10.1. The fourth-order valence-electron chi connectivity index (χ4n) is 2.15. The maximum Gasteiger partial charge on any atom is 0.133 e. The molecule has 0 saturated carbocycles. The number of aliphatic hydroxyl groups excluding tert-OH is 1. The second-order valence-corrected chi connectivity index (χ2v) is 6.01. The molecule has 3 nitrogen and oxygen atoms in total. The lowest BCUT2D eigenvalue weighted by Gasteiger charge is -2.15. The van der Waals surface area contributed by atoms with Gasteiger partial charge in [0.1, 0.15) is 5.82 Å². The summed E-state index contributed by atoms with van der Waals surface area (Å²) in [5, 5.41) is 15.3. The molecule has 0 spiro atoms. The van der Waals surface area contributed by atoms with Gasteiger partial charge in [-0.1, -0.05) is 41.9 Å². The van der Waals surface area contributed by atoms with E-state index in [9.17, 15) is 5.11 Å². The van der Waals surface area contributed by atoms with Crippen LogP contribution >= 0.6 is 15.9 Å². The topological polar surface area (TPSA) is 45.1 Å². The van der Waals surface area contributed by atoms with Crippen molar-refractivity contribution in [2.45, 2.75) is 26.4 Å². The van der Waals surface area contributed by atoms with Gasteiger partial charge in [0, 0.05) is 28.0 Å². The van der Waals surface area contributed by atoms with Gasteiger partial charge in [-0.25, -0.2) is 4.98 Å². The number of benzene rings is 1. The van der Waals surface area contributed by atoms with E-state index >= 15 is 0 Å². The lowest BCUT2D eigenvalue weighted by Crippen LogP contribution is -2.21. The monoisotopic (exact) mass is 322 g/mol. The average Bonchev–Trinajstić information content (AvgIpc) is 2.36. The predicted molar refractivity (Wildman–Crippen MR) is 83.4 cm³/mol. The number of aromatic nitrogens is 1. The van der Waals surface area contributed by atoms with Crippen LogP contribution in [0.25, 0.3) is 10.8 Å². The first kappa shape index (κ1) is 14.3. The number of hydrogen-bond acceptors (Lipinski definition) is 3. The van der Waals surface area contributed by atoms with Crippen LogP contribution in [0.5, 0.6) is 0 Å². The standard InChI is InChI=1S/C15H19BrN2O/c1-10(2)8-11(19)9-18-15-13-4-3-5-14(16)12(13)6-7-17-15/h3-7,10-11,19H,8-9H2,1-2H3,(H,17,18). The zero-order chi connectivity index (χ0) is 13.8. The summed E-state index contributed by atoms with van der Waals surface area (Å²) in [6, 6.07) is 8.02. The summed E-state index contributed by atoms with van der Waals surface area (Å²) in [6.45, 7) is 4.74. The van der Waals surface area contributed by atoms with Crippen molar-refractivity contribution < 1.29 is 5.11 Å². The van der Waals surface area contributed by atoms with Gasteiger partial charge in [0.15, 0.2) is 0 Å². The Morgan fingerprint density at radius 3 is 2.79 bits per heavy atom. The van der Waals surface area contributed by atoms with Gasteiger partial charge in [0.05, 0.1) is 6.10 Å². The molecule has 4 heteroatoms. The summed E-state index contributed by atoms with van der Waals surface area (Å²) in [5.41, 5.74) is 0. The summed E-state index contributed by atoms with van der Waals surface area (Å²) < 4.78 is 1.05. The fraction of sp³-hybridized carbons (Fsp3) is 0.400. The average molecular weight is 323 g/mol. The normalized spacial score (nSPS) is 12.9. The molecule has 1 unspecified atom stereocenters. The summed E-state index contributed by atoms with van der Waals surface area (Å²) in [4.78, 5) is 4.36. The fourth-order valence-corrected chi connectivity index (χ4v) is 2.65. The van der Waals surface area contributed by atoms with Gasteiger partial charge in [0.25, 0.3) is 0 Å². The van der Waals surface area contributed by atoms with Gasteiger partial charge in [-0.3, -0.25) is 0 Å². The summed E-state index contributed by atoms with van der Waals surface area (Å²) in [5.74, 6) is 1.31. The highest BCUT2D eigenvalue weighted by Crippen LogP contribution is 2.27. The van der Waals surface area contributed by atoms with Crippen LogP contribution in [0.1, 0.15) is 20.3 Å². The Bertz CT molecular complexity index is 557. The number of hydrogen-bond donors (Lipinski definition) is 2. The molecule has 2 rings (SSSR count). The van der Waals surface area contributed by atoms with Crippen LogP contribution in [0, 0.1) is 5.92 Å². The highest BCUT2D eigenvalue weighted by Gasteiger charge is 2.09. The minimum Gasteiger partial charge on any atom is -0.391 e. The Morgan fingerprint density at radius 2 is 2.05 bits per heavy atom. The number of aliphatic hydroxyl groups is 1. The van der Waals surface area contributed by atoms with E-state index in [1.54, 1.807) is 6.20 Å². The molecule has 0 amide bonds. The van der Waals surface area contributed by atoms with Crippen LogP contribution in [0.15, 0.2) is 34.9 Å². The number of pyridine rings is 1. The highest BCUT2D eigenvalue weighted by molar-refractivity contribution is 9.10. The van der Waals surface area contributed by atoms with Crippen molar-refractivity contribution in [2.75, 3.05) is 11.9 Å². The third-order valence-electron chi connectivity index (χ3n) is 3.00. The molecule has 0 aliphatic heterocycles. The van der Waals surface area contributed by atoms with Crippen molar-refractivity contribution in [3.8, 4) is 0 Å². The van der Waals surface area contributed by atoms with Crippen LogP contribution in [-0.2, 0) is 0 Å². The van der Waals surface area contributed by atoms with Crippen molar-refractivity contribution >= 4 is 32.5 Å². The Balaban J connectivity index is 2.15. The molecule has 0 bridgehead atoms. The predicted octanol–water partition coefficient (Wildman–Crippen LogP) is 3.82. The Morgan fingerprint density at radius 1 is 1.26 bits per heavy atom. The Kier molecular flexibility index (Phi) is 4.77. The molecule has 0 aliphatic rings. The molecule has 0 saturated heterocycles. The third-order valence-corrected chi connectivity index (χ3v) is 3.69. The molecule has 1 atom stereocenters. The second-order valence-electron chi connectivity index (χ2n) is 5.16. The Labute approximate surface area is 122 Å². The molecule has 0 aliphatic carbocycles. The number of nitrogens with zero attached hydrogens (tertiary/aromatic N) is 1. The van der Waals surface area contributed by atoms with Crippen molar-refractivity contribution in [3.63, 3.8) is 0 Å². The summed E-state index contributed by atoms with van der Waals surface area (Å²) in [6.07, 6.45) is 2.23. The maximum absolute atomic E-state index is 9.91. The van der Waals surface area contributed by atoms with Gasteiger partial charge in [-0.15, -0.1) is 0 Å². The molecule has 102 valence electrons. The minimum atomic E-state index is -0.343. The molecule has 0 radical (unpaired) electrons. The van der Waals surface area contributed by atoms with E-state index in [2.05, 4.69) is 40.1 Å². The smallest absolute Gasteiger partial charge is 0.133 e. The molecule has 1 aromatic carbocycles. The van der Waals surface area contributed by atoms with E-state index in [4.69, 9.17) is 0 Å². The van der Waals surface area contributed by atoms with Crippen molar-refractivity contribution in [3.05, 3.63) is 34.9 Å². The highest BCUT2D eigenvalue weighted by atomic mass is 79.9. The van der Waals surface area contributed by atoms with Crippen LogP contribution in [0.2, 0.25) is 0 Å². The van der Waals surface area contributed by atoms with E-state index in [0.717, 1.165) is 27.5 Å². The van der Waals surface area contributed by atoms with Crippen LogP contribution in [0.4, 0.5) is 5.82 Å². The minimum absolute atomic E-state index is 0.343. The zero-order valence-electron chi connectivity index (χ0n) is 11.2. The van der Waals surface area contributed by atoms with Crippen LogP contribution in [-0.4, -0.2) is 22.7 Å². The molecular weight excluding hydrogens is 304 g/mol. The number of nitrogens with one attached hydrogen (secondary N) is 1. The maximum atomic E-state index is 9.91. The third kappa shape index (κ3) is 3.67. The van der Waals surface area contributed by atoms with E-state index in [1.165, 1.54) is 0 Å². The molecule has 2 N–H and O–H groups in total. The number of fused-ring (bicyclic) bond motifs is 1. The number of anilines is 1. The first-order valence-corrected chi connectivity index (χ1v) is 7.32. The quantitative estimate of drug-likeness (QED) is 0.879. The van der Waals surface area contributed by atoms with Gasteiger partial charge in [0.2, 0.25) is 0 Å². The lowest BCUT2D eigenvalue weighted by molar-refractivity contribution is 0.161. The van der Waals surface area contributed by atoms with Crippen molar-refractivity contribution in [2.24, 2.45) is 5.92 Å². The van der Waals surface area contributed by atoms with Crippen LogP contribution in [0.3, 0.4) is 0 Å². The molecule has 19 heavy (non-hydrogen) atoms. The molecular formula is C15H19BrN2O.